The minimum absolute atomic E-state index is 0.198. The van der Waals surface area contributed by atoms with Crippen LogP contribution < -0.4 is 11.1 Å². The Bertz CT molecular complexity index is 442. The quantitative estimate of drug-likeness (QED) is 0.842. The van der Waals surface area contributed by atoms with Gasteiger partial charge < -0.3 is 11.1 Å². The maximum Gasteiger partial charge on any atom is 0.242 e. The molecule has 1 amide bonds. The number of hydrogen-bond donors (Lipinski definition) is 2. The first-order valence-electron chi connectivity index (χ1n) is 4.50. The van der Waals surface area contributed by atoms with Crippen LogP contribution in [0.5, 0.6) is 0 Å². The number of benzene rings is 1. The molecule has 0 saturated carbocycles. The number of halogens is 2. The van der Waals surface area contributed by atoms with Gasteiger partial charge in [0.1, 0.15) is 0 Å². The van der Waals surface area contributed by atoms with Crippen molar-refractivity contribution in [1.82, 2.24) is 0 Å². The van der Waals surface area contributed by atoms with Gasteiger partial charge in [-0.15, -0.1) is 12.3 Å². The van der Waals surface area contributed by atoms with E-state index in [1.54, 1.807) is 18.2 Å². The molecule has 0 aliphatic rings. The second-order valence-corrected chi connectivity index (χ2v) is 4.31. The van der Waals surface area contributed by atoms with E-state index in [-0.39, 0.29) is 12.3 Å². The van der Waals surface area contributed by atoms with E-state index in [0.29, 0.717) is 15.2 Å². The van der Waals surface area contributed by atoms with Gasteiger partial charge in [0, 0.05) is 6.42 Å². The summed E-state index contributed by atoms with van der Waals surface area (Å²) in [5.74, 6) is 2.00. The van der Waals surface area contributed by atoms with E-state index in [1.807, 2.05) is 0 Å². The van der Waals surface area contributed by atoms with Crippen molar-refractivity contribution in [1.29, 1.82) is 0 Å². The predicted octanol–water partition coefficient (Wildman–Crippen LogP) is 2.39. The summed E-state index contributed by atoms with van der Waals surface area (Å²) in [4.78, 5) is 11.6. The van der Waals surface area contributed by atoms with Gasteiger partial charge in [-0.05, 0) is 28.1 Å². The van der Waals surface area contributed by atoms with Gasteiger partial charge in [-0.25, -0.2) is 0 Å². The van der Waals surface area contributed by atoms with Crippen LogP contribution in [0.2, 0.25) is 5.02 Å². The van der Waals surface area contributed by atoms with Crippen LogP contribution in [0, 0.1) is 12.3 Å². The van der Waals surface area contributed by atoms with Crippen LogP contribution in [0.3, 0.4) is 0 Å². The molecule has 1 aromatic carbocycles. The molecule has 0 aliphatic heterocycles. The lowest BCUT2D eigenvalue weighted by molar-refractivity contribution is -0.117. The van der Waals surface area contributed by atoms with Crippen molar-refractivity contribution in [3.63, 3.8) is 0 Å². The lowest BCUT2D eigenvalue weighted by Crippen LogP contribution is -2.35. The molecule has 3 nitrogen and oxygen atoms in total. The normalized spacial score (nSPS) is 11.6. The molecule has 0 spiro atoms. The Morgan fingerprint density at radius 2 is 2.38 bits per heavy atom. The van der Waals surface area contributed by atoms with Crippen molar-refractivity contribution in [2.45, 2.75) is 12.5 Å². The van der Waals surface area contributed by atoms with Crippen LogP contribution in [0.4, 0.5) is 5.69 Å². The third kappa shape index (κ3) is 3.24. The van der Waals surface area contributed by atoms with Gasteiger partial charge in [0.15, 0.2) is 0 Å². The monoisotopic (exact) mass is 300 g/mol. The third-order valence-corrected chi connectivity index (χ3v) is 3.28. The van der Waals surface area contributed by atoms with Crippen molar-refractivity contribution in [2.24, 2.45) is 5.73 Å². The molecular formula is C11H10BrClN2O. The Kier molecular flexibility index (Phi) is 4.81. The first-order chi connectivity index (χ1) is 7.56. The second kappa shape index (κ2) is 5.90. The second-order valence-electron chi connectivity index (χ2n) is 3.11. The van der Waals surface area contributed by atoms with Crippen LogP contribution in [0.1, 0.15) is 6.42 Å². The summed E-state index contributed by atoms with van der Waals surface area (Å²) in [6.07, 6.45) is 5.27. The number of nitrogens with two attached hydrogens (primary N) is 1. The highest BCUT2D eigenvalue weighted by molar-refractivity contribution is 9.10. The average molecular weight is 302 g/mol. The highest BCUT2D eigenvalue weighted by atomic mass is 79.9. The van der Waals surface area contributed by atoms with Crippen molar-refractivity contribution in [3.05, 3.63) is 27.7 Å². The maximum absolute atomic E-state index is 11.6. The fourth-order valence-corrected chi connectivity index (χ4v) is 1.58. The van der Waals surface area contributed by atoms with Gasteiger partial charge in [0.05, 0.1) is 21.2 Å². The van der Waals surface area contributed by atoms with E-state index < -0.39 is 6.04 Å². The van der Waals surface area contributed by atoms with Gasteiger partial charge in [-0.1, -0.05) is 17.7 Å². The van der Waals surface area contributed by atoms with Crippen LogP contribution in [0.15, 0.2) is 22.7 Å². The Morgan fingerprint density at radius 1 is 1.69 bits per heavy atom. The molecule has 0 radical (unpaired) electrons. The molecule has 1 unspecified atom stereocenters. The standard InChI is InChI=1S/C11H10BrClN2O/c1-2-4-8(14)11(16)15-9-6-3-5-7(13)10(9)12/h1,3,5-6,8H,4,14H2,(H,15,16). The lowest BCUT2D eigenvalue weighted by atomic mass is 10.2. The lowest BCUT2D eigenvalue weighted by Gasteiger charge is -2.11. The van der Waals surface area contributed by atoms with Crippen LogP contribution >= 0.6 is 27.5 Å². The molecular weight excluding hydrogens is 291 g/mol. The molecule has 1 aromatic rings. The number of rotatable bonds is 3. The molecule has 0 aliphatic carbocycles. The zero-order valence-electron chi connectivity index (χ0n) is 8.34. The number of terminal acetylenes is 1. The fraction of sp³-hybridized carbons (Fsp3) is 0.182. The van der Waals surface area contributed by atoms with E-state index in [4.69, 9.17) is 23.8 Å². The van der Waals surface area contributed by atoms with Gasteiger partial charge >= 0.3 is 0 Å². The molecule has 3 N–H and O–H groups in total. The molecule has 0 heterocycles. The molecule has 0 aromatic heterocycles. The zero-order valence-corrected chi connectivity index (χ0v) is 10.7. The van der Waals surface area contributed by atoms with Gasteiger partial charge in [-0.3, -0.25) is 4.79 Å². The van der Waals surface area contributed by atoms with E-state index in [0.717, 1.165) is 0 Å². The summed E-state index contributed by atoms with van der Waals surface area (Å²) >= 11 is 9.15. The topological polar surface area (TPSA) is 55.1 Å². The fourth-order valence-electron chi connectivity index (χ4n) is 1.05. The highest BCUT2D eigenvalue weighted by Gasteiger charge is 2.14. The average Bonchev–Trinajstić information content (AvgIpc) is 2.25. The van der Waals surface area contributed by atoms with Crippen molar-refractivity contribution in [2.75, 3.05) is 5.32 Å². The molecule has 84 valence electrons. The zero-order chi connectivity index (χ0) is 12.1. The Hall–Kier alpha value is -1.02. The minimum atomic E-state index is -0.712. The molecule has 0 fully saturated rings. The van der Waals surface area contributed by atoms with E-state index in [1.165, 1.54) is 0 Å². The van der Waals surface area contributed by atoms with E-state index >= 15 is 0 Å². The molecule has 0 bridgehead atoms. The SMILES string of the molecule is C#CCC(N)C(=O)Nc1cccc(Cl)c1Br. The largest absolute Gasteiger partial charge is 0.324 e. The third-order valence-electron chi connectivity index (χ3n) is 1.88. The summed E-state index contributed by atoms with van der Waals surface area (Å²) < 4.78 is 0.623. The molecule has 1 atom stereocenters. The Balaban J connectivity index is 2.78. The summed E-state index contributed by atoms with van der Waals surface area (Å²) in [7, 11) is 0. The summed E-state index contributed by atoms with van der Waals surface area (Å²) in [5, 5.41) is 3.16. The molecule has 16 heavy (non-hydrogen) atoms. The first kappa shape index (κ1) is 13.0. The summed E-state index contributed by atoms with van der Waals surface area (Å²) in [6, 6.07) is 4.45. The summed E-state index contributed by atoms with van der Waals surface area (Å²) in [5.41, 5.74) is 6.13. The van der Waals surface area contributed by atoms with Crippen LogP contribution in [-0.2, 0) is 4.79 Å². The number of anilines is 1. The maximum atomic E-state index is 11.6. The van der Waals surface area contributed by atoms with Gasteiger partial charge in [0.25, 0.3) is 0 Å². The Labute approximate surface area is 107 Å². The highest BCUT2D eigenvalue weighted by Crippen LogP contribution is 2.29. The van der Waals surface area contributed by atoms with E-state index in [2.05, 4.69) is 27.2 Å². The number of nitrogens with one attached hydrogen (secondary N) is 1. The van der Waals surface area contributed by atoms with Crippen molar-refractivity contribution < 1.29 is 4.79 Å². The predicted molar refractivity (Wildman–Crippen MR) is 69.2 cm³/mol. The smallest absolute Gasteiger partial charge is 0.242 e. The molecule has 5 heteroatoms. The van der Waals surface area contributed by atoms with Crippen molar-refractivity contribution in [3.8, 4) is 12.3 Å². The van der Waals surface area contributed by atoms with Crippen LogP contribution in [-0.4, -0.2) is 11.9 Å². The van der Waals surface area contributed by atoms with Crippen LogP contribution in [0.25, 0.3) is 0 Å². The molecule has 0 saturated heterocycles. The van der Waals surface area contributed by atoms with Gasteiger partial charge in [0.2, 0.25) is 5.91 Å². The minimum Gasteiger partial charge on any atom is -0.324 e. The first-order valence-corrected chi connectivity index (χ1v) is 5.67. The van der Waals surface area contributed by atoms with E-state index in [9.17, 15) is 4.79 Å². The number of carbonyl (C=O) groups is 1. The summed E-state index contributed by atoms with van der Waals surface area (Å²) in [6.45, 7) is 0. The number of amides is 1. The Morgan fingerprint density at radius 3 is 3.00 bits per heavy atom. The number of hydrogen-bond acceptors (Lipinski definition) is 2. The van der Waals surface area contributed by atoms with Gasteiger partial charge in [-0.2, -0.15) is 0 Å². The van der Waals surface area contributed by atoms with Crippen molar-refractivity contribution >= 4 is 39.1 Å². The number of carbonyl (C=O) groups excluding carboxylic acids is 1. The molecule has 1 rings (SSSR count).